The summed E-state index contributed by atoms with van der Waals surface area (Å²) in [7, 11) is 0. The fourth-order valence-electron chi connectivity index (χ4n) is 2.27. The smallest absolute Gasteiger partial charge is 0.224 e. The van der Waals surface area contributed by atoms with Crippen LogP contribution < -0.4 is 10.6 Å². The first-order valence-electron chi connectivity index (χ1n) is 6.51. The Morgan fingerprint density at radius 1 is 1.35 bits per heavy atom. The summed E-state index contributed by atoms with van der Waals surface area (Å²) in [5.74, 6) is 0.425. The third kappa shape index (κ3) is 2.82. The van der Waals surface area contributed by atoms with Crippen molar-refractivity contribution >= 4 is 23.1 Å². The van der Waals surface area contributed by atoms with E-state index in [1.165, 1.54) is 12.1 Å². The van der Waals surface area contributed by atoms with E-state index in [0.717, 1.165) is 36.3 Å². The lowest BCUT2D eigenvalue weighted by atomic mass is 10.1. The molecule has 1 aromatic heterocycles. The van der Waals surface area contributed by atoms with Crippen LogP contribution in [0.3, 0.4) is 0 Å². The van der Waals surface area contributed by atoms with Gasteiger partial charge >= 0.3 is 0 Å². The molecule has 0 fully saturated rings. The van der Waals surface area contributed by atoms with Gasteiger partial charge in [-0.3, -0.25) is 0 Å². The van der Waals surface area contributed by atoms with Crippen LogP contribution in [0.4, 0.5) is 15.9 Å². The monoisotopic (exact) mass is 292 g/mol. The van der Waals surface area contributed by atoms with Crippen LogP contribution >= 0.6 is 11.6 Å². The van der Waals surface area contributed by atoms with Crippen molar-refractivity contribution in [2.45, 2.75) is 19.4 Å². The van der Waals surface area contributed by atoms with Gasteiger partial charge in [0.05, 0.1) is 11.4 Å². The predicted octanol–water partition coefficient (Wildman–Crippen LogP) is 3.24. The van der Waals surface area contributed by atoms with Gasteiger partial charge in [0, 0.05) is 13.1 Å². The molecule has 0 amide bonds. The van der Waals surface area contributed by atoms with Crippen molar-refractivity contribution in [3.63, 3.8) is 0 Å². The second kappa shape index (κ2) is 5.63. The summed E-state index contributed by atoms with van der Waals surface area (Å²) in [6, 6.07) is 6.47. The standard InChI is InChI=1S/C14H14ClFN4/c15-14-19-11-5-2-6-17-12(11)13(20-14)18-8-9-3-1-4-10(16)7-9/h1,3-4,7,17H,2,5-6,8H2,(H,18,19,20). The normalized spacial score (nSPS) is 13.5. The molecule has 2 heterocycles. The van der Waals surface area contributed by atoms with Crippen LogP contribution in [-0.2, 0) is 13.0 Å². The minimum absolute atomic E-state index is 0.231. The zero-order chi connectivity index (χ0) is 13.9. The summed E-state index contributed by atoms with van der Waals surface area (Å²) >= 11 is 5.94. The van der Waals surface area contributed by atoms with Gasteiger partial charge in [-0.05, 0) is 42.1 Å². The van der Waals surface area contributed by atoms with Crippen molar-refractivity contribution in [3.05, 3.63) is 46.6 Å². The molecule has 2 N–H and O–H groups in total. The second-order valence-corrected chi connectivity index (χ2v) is 5.01. The molecule has 0 radical (unpaired) electrons. The Morgan fingerprint density at radius 3 is 3.10 bits per heavy atom. The molecule has 0 atom stereocenters. The highest BCUT2D eigenvalue weighted by atomic mass is 35.5. The Bertz CT molecular complexity index is 633. The molecule has 0 spiro atoms. The van der Waals surface area contributed by atoms with Crippen molar-refractivity contribution < 1.29 is 4.39 Å². The van der Waals surface area contributed by atoms with Crippen LogP contribution in [0.5, 0.6) is 0 Å². The van der Waals surface area contributed by atoms with Crippen molar-refractivity contribution in [1.29, 1.82) is 0 Å². The third-order valence-electron chi connectivity index (χ3n) is 3.20. The van der Waals surface area contributed by atoms with Gasteiger partial charge in [-0.2, -0.15) is 4.98 Å². The fourth-order valence-corrected chi connectivity index (χ4v) is 2.46. The van der Waals surface area contributed by atoms with E-state index in [-0.39, 0.29) is 11.1 Å². The van der Waals surface area contributed by atoms with Gasteiger partial charge in [0.25, 0.3) is 0 Å². The summed E-state index contributed by atoms with van der Waals surface area (Å²) in [5, 5.41) is 6.71. The van der Waals surface area contributed by atoms with E-state index >= 15 is 0 Å². The van der Waals surface area contributed by atoms with Crippen molar-refractivity contribution in [2.75, 3.05) is 17.2 Å². The van der Waals surface area contributed by atoms with Gasteiger partial charge in [0.1, 0.15) is 5.82 Å². The molecule has 4 nitrogen and oxygen atoms in total. The van der Waals surface area contributed by atoms with Gasteiger partial charge in [0.15, 0.2) is 5.82 Å². The molecule has 0 aliphatic carbocycles. The molecule has 3 rings (SSSR count). The molecule has 20 heavy (non-hydrogen) atoms. The summed E-state index contributed by atoms with van der Waals surface area (Å²) in [6.07, 6.45) is 1.92. The molecule has 0 unspecified atom stereocenters. The van der Waals surface area contributed by atoms with Gasteiger partial charge in [0.2, 0.25) is 5.28 Å². The lowest BCUT2D eigenvalue weighted by Gasteiger charge is -2.20. The second-order valence-electron chi connectivity index (χ2n) is 4.68. The third-order valence-corrected chi connectivity index (χ3v) is 3.37. The van der Waals surface area contributed by atoms with Gasteiger partial charge in [-0.15, -0.1) is 0 Å². The average molecular weight is 293 g/mol. The van der Waals surface area contributed by atoms with E-state index in [2.05, 4.69) is 20.6 Å². The number of rotatable bonds is 3. The Labute approximate surface area is 121 Å². The summed E-state index contributed by atoms with van der Waals surface area (Å²) in [6.45, 7) is 1.38. The first-order chi connectivity index (χ1) is 9.72. The van der Waals surface area contributed by atoms with Crippen LogP contribution in [0, 0.1) is 5.82 Å². The number of nitrogens with zero attached hydrogens (tertiary/aromatic N) is 2. The van der Waals surface area contributed by atoms with Crippen LogP contribution in [0.15, 0.2) is 24.3 Å². The number of anilines is 2. The van der Waals surface area contributed by atoms with Crippen LogP contribution in [-0.4, -0.2) is 16.5 Å². The maximum atomic E-state index is 13.1. The zero-order valence-corrected chi connectivity index (χ0v) is 11.5. The number of benzene rings is 1. The maximum absolute atomic E-state index is 13.1. The molecule has 104 valence electrons. The van der Waals surface area contributed by atoms with E-state index in [1.807, 2.05) is 6.07 Å². The van der Waals surface area contributed by atoms with E-state index < -0.39 is 0 Å². The highest BCUT2D eigenvalue weighted by molar-refractivity contribution is 6.28. The zero-order valence-electron chi connectivity index (χ0n) is 10.8. The number of hydrogen-bond acceptors (Lipinski definition) is 4. The molecule has 1 aliphatic heterocycles. The highest BCUT2D eigenvalue weighted by Gasteiger charge is 2.16. The first-order valence-corrected chi connectivity index (χ1v) is 6.89. The lowest BCUT2D eigenvalue weighted by Crippen LogP contribution is -2.17. The van der Waals surface area contributed by atoms with E-state index in [9.17, 15) is 4.39 Å². The topological polar surface area (TPSA) is 49.8 Å². The fraction of sp³-hybridized carbons (Fsp3) is 0.286. The summed E-state index contributed by atoms with van der Waals surface area (Å²) in [5.41, 5.74) is 2.68. The molecular formula is C14H14ClFN4. The van der Waals surface area contributed by atoms with E-state index in [0.29, 0.717) is 12.4 Å². The predicted molar refractivity (Wildman–Crippen MR) is 77.6 cm³/mol. The molecule has 0 bridgehead atoms. The first kappa shape index (κ1) is 13.1. The van der Waals surface area contributed by atoms with Crippen molar-refractivity contribution in [3.8, 4) is 0 Å². The number of hydrogen-bond donors (Lipinski definition) is 2. The van der Waals surface area contributed by atoms with E-state index in [1.54, 1.807) is 6.07 Å². The SMILES string of the molecule is Fc1cccc(CNc2nc(Cl)nc3c2NCCC3)c1. The molecule has 6 heteroatoms. The quantitative estimate of drug-likeness (QED) is 0.853. The Morgan fingerprint density at radius 2 is 2.25 bits per heavy atom. The molecule has 0 saturated heterocycles. The molecule has 2 aromatic rings. The van der Waals surface area contributed by atoms with Crippen LogP contribution in [0.25, 0.3) is 0 Å². The van der Waals surface area contributed by atoms with Crippen molar-refractivity contribution in [1.82, 2.24) is 9.97 Å². The maximum Gasteiger partial charge on any atom is 0.224 e. The summed E-state index contributed by atoms with van der Waals surface area (Å²) in [4.78, 5) is 8.45. The van der Waals surface area contributed by atoms with Gasteiger partial charge < -0.3 is 10.6 Å². The average Bonchev–Trinajstić information content (AvgIpc) is 2.44. The van der Waals surface area contributed by atoms with E-state index in [4.69, 9.17) is 11.6 Å². The molecule has 0 saturated carbocycles. The van der Waals surface area contributed by atoms with Crippen molar-refractivity contribution in [2.24, 2.45) is 0 Å². The molecule has 1 aliphatic rings. The summed E-state index contributed by atoms with van der Waals surface area (Å²) < 4.78 is 13.1. The highest BCUT2D eigenvalue weighted by Crippen LogP contribution is 2.28. The number of fused-ring (bicyclic) bond motifs is 1. The van der Waals surface area contributed by atoms with Crippen LogP contribution in [0.1, 0.15) is 17.7 Å². The number of nitrogens with one attached hydrogen (secondary N) is 2. The minimum atomic E-state index is -0.245. The Hall–Kier alpha value is -1.88. The van der Waals surface area contributed by atoms with Gasteiger partial charge in [-0.1, -0.05) is 12.1 Å². The molecule has 1 aromatic carbocycles. The largest absolute Gasteiger partial charge is 0.381 e. The molecular weight excluding hydrogens is 279 g/mol. The number of aryl methyl sites for hydroxylation is 1. The Balaban J connectivity index is 1.82. The van der Waals surface area contributed by atoms with Crippen LogP contribution in [0.2, 0.25) is 5.28 Å². The number of aromatic nitrogens is 2. The van der Waals surface area contributed by atoms with Gasteiger partial charge in [-0.25, -0.2) is 9.37 Å². The minimum Gasteiger partial charge on any atom is -0.381 e. The lowest BCUT2D eigenvalue weighted by molar-refractivity contribution is 0.626. The number of halogens is 2. The Kier molecular flexibility index (Phi) is 3.69.